The third-order valence-corrected chi connectivity index (χ3v) is 5.28. The average molecular weight is 371 g/mol. The number of carbonyl (C=O) groups excluding carboxylic acids is 3. The Morgan fingerprint density at radius 1 is 1.04 bits per heavy atom. The molecule has 1 atom stereocenters. The molecule has 2 fully saturated rings. The van der Waals surface area contributed by atoms with Gasteiger partial charge in [-0.15, -0.1) is 0 Å². The number of benzene rings is 1. The van der Waals surface area contributed by atoms with E-state index in [1.165, 1.54) is 0 Å². The van der Waals surface area contributed by atoms with E-state index in [4.69, 9.17) is 0 Å². The lowest BCUT2D eigenvalue weighted by Gasteiger charge is -2.34. The number of aromatic nitrogens is 2. The molecule has 3 heterocycles. The number of nitrogens with one attached hydrogen (secondary N) is 3. The Morgan fingerprint density at radius 2 is 1.78 bits per heavy atom. The van der Waals surface area contributed by atoms with E-state index in [2.05, 4.69) is 15.6 Å². The summed E-state index contributed by atoms with van der Waals surface area (Å²) in [5.74, 6) is -0.551. The Labute approximate surface area is 154 Å². The van der Waals surface area contributed by atoms with Gasteiger partial charge in [0.1, 0.15) is 6.04 Å². The lowest BCUT2D eigenvalue weighted by atomic mass is 10.0. The van der Waals surface area contributed by atoms with Crippen LogP contribution in [0.1, 0.15) is 31.7 Å². The van der Waals surface area contributed by atoms with Gasteiger partial charge in [0.05, 0.1) is 11.0 Å². The SMILES string of the molecule is O=C1CC[C@@H](C(=O)N2CCC(n3c(=O)[nH]c4ccccc43)CC2)NC(=O)N1. The van der Waals surface area contributed by atoms with Gasteiger partial charge in [-0.2, -0.15) is 0 Å². The van der Waals surface area contributed by atoms with E-state index < -0.39 is 12.1 Å². The van der Waals surface area contributed by atoms with Gasteiger partial charge in [-0.25, -0.2) is 9.59 Å². The highest BCUT2D eigenvalue weighted by Crippen LogP contribution is 2.25. The number of urea groups is 1. The van der Waals surface area contributed by atoms with Gasteiger partial charge in [0.15, 0.2) is 0 Å². The predicted octanol–water partition coefficient (Wildman–Crippen LogP) is 0.481. The van der Waals surface area contributed by atoms with Gasteiger partial charge < -0.3 is 15.2 Å². The first kappa shape index (κ1) is 17.3. The molecule has 0 spiro atoms. The summed E-state index contributed by atoms with van der Waals surface area (Å²) in [6, 6.07) is 6.26. The van der Waals surface area contributed by atoms with Crippen LogP contribution in [-0.2, 0) is 9.59 Å². The topological polar surface area (TPSA) is 116 Å². The number of imide groups is 1. The molecular formula is C18H21N5O4. The summed E-state index contributed by atoms with van der Waals surface area (Å²) in [4.78, 5) is 52.7. The monoisotopic (exact) mass is 371 g/mol. The molecule has 4 rings (SSSR count). The van der Waals surface area contributed by atoms with E-state index in [0.717, 1.165) is 11.0 Å². The van der Waals surface area contributed by atoms with Crippen LogP contribution >= 0.6 is 0 Å². The van der Waals surface area contributed by atoms with Gasteiger partial charge in [-0.05, 0) is 31.4 Å². The summed E-state index contributed by atoms with van der Waals surface area (Å²) in [7, 11) is 0. The van der Waals surface area contributed by atoms with Crippen molar-refractivity contribution in [1.82, 2.24) is 25.1 Å². The Kier molecular flexibility index (Phi) is 4.43. The Hall–Kier alpha value is -3.10. The minimum absolute atomic E-state index is 0.0182. The minimum Gasteiger partial charge on any atom is -0.341 e. The molecule has 0 bridgehead atoms. The maximum absolute atomic E-state index is 12.7. The molecule has 4 amide bonds. The standard InChI is InChI=1S/C18H21N5O4/c24-15-6-5-13(19-17(26)21-15)16(25)22-9-7-11(8-10-22)23-14-4-2-1-3-12(14)20-18(23)27/h1-4,11,13H,5-10H2,(H,20,27)(H2,19,21,24,26)/t13-/m0/s1. The second-order valence-electron chi connectivity index (χ2n) is 6.99. The van der Waals surface area contributed by atoms with Gasteiger partial charge >= 0.3 is 11.7 Å². The number of amides is 4. The van der Waals surface area contributed by atoms with E-state index in [1.54, 1.807) is 9.47 Å². The van der Waals surface area contributed by atoms with Gasteiger partial charge in [-0.1, -0.05) is 12.1 Å². The van der Waals surface area contributed by atoms with E-state index >= 15 is 0 Å². The minimum atomic E-state index is -0.691. The molecule has 9 nitrogen and oxygen atoms in total. The largest absolute Gasteiger partial charge is 0.341 e. The first-order chi connectivity index (χ1) is 13.0. The lowest BCUT2D eigenvalue weighted by molar-refractivity contribution is -0.134. The van der Waals surface area contributed by atoms with E-state index in [-0.39, 0.29) is 36.4 Å². The number of hydrogen-bond acceptors (Lipinski definition) is 4. The number of piperidine rings is 1. The first-order valence-electron chi connectivity index (χ1n) is 9.11. The number of rotatable bonds is 2. The third kappa shape index (κ3) is 3.32. The average Bonchev–Trinajstić information content (AvgIpc) is 2.89. The molecule has 0 aliphatic carbocycles. The number of hydrogen-bond donors (Lipinski definition) is 3. The Morgan fingerprint density at radius 3 is 2.56 bits per heavy atom. The van der Waals surface area contributed by atoms with Crippen LogP contribution in [0.2, 0.25) is 0 Å². The number of likely N-dealkylation sites (tertiary alicyclic amines) is 1. The molecule has 3 N–H and O–H groups in total. The highest BCUT2D eigenvalue weighted by atomic mass is 16.2. The summed E-state index contributed by atoms with van der Waals surface area (Å²) < 4.78 is 1.77. The lowest BCUT2D eigenvalue weighted by Crippen LogP contribution is -2.51. The summed E-state index contributed by atoms with van der Waals surface area (Å²) in [5.41, 5.74) is 1.54. The smallest absolute Gasteiger partial charge is 0.326 e. The number of aromatic amines is 1. The summed E-state index contributed by atoms with van der Waals surface area (Å²) in [6.07, 6.45) is 1.74. The zero-order chi connectivity index (χ0) is 19.0. The number of H-pyrrole nitrogens is 1. The fourth-order valence-electron chi connectivity index (χ4n) is 3.92. The number of para-hydroxylation sites is 2. The van der Waals surface area contributed by atoms with Gasteiger partial charge in [0.25, 0.3) is 0 Å². The maximum Gasteiger partial charge on any atom is 0.326 e. The molecule has 2 aliphatic rings. The van der Waals surface area contributed by atoms with Gasteiger partial charge in [0.2, 0.25) is 11.8 Å². The van der Waals surface area contributed by atoms with Crippen LogP contribution in [-0.4, -0.2) is 51.4 Å². The fourth-order valence-corrected chi connectivity index (χ4v) is 3.92. The molecule has 0 saturated carbocycles. The zero-order valence-corrected chi connectivity index (χ0v) is 14.7. The summed E-state index contributed by atoms with van der Waals surface area (Å²) in [6.45, 7) is 1.01. The van der Waals surface area contributed by atoms with Crippen molar-refractivity contribution in [2.24, 2.45) is 0 Å². The van der Waals surface area contributed by atoms with Gasteiger partial charge in [-0.3, -0.25) is 19.5 Å². The zero-order valence-electron chi connectivity index (χ0n) is 14.7. The van der Waals surface area contributed by atoms with Crippen LogP contribution in [0.25, 0.3) is 11.0 Å². The van der Waals surface area contributed by atoms with Crippen LogP contribution in [0.15, 0.2) is 29.1 Å². The third-order valence-electron chi connectivity index (χ3n) is 5.28. The maximum atomic E-state index is 12.7. The molecule has 2 saturated heterocycles. The van der Waals surface area contributed by atoms with Crippen molar-refractivity contribution in [1.29, 1.82) is 0 Å². The molecule has 1 aromatic heterocycles. The van der Waals surface area contributed by atoms with E-state index in [1.807, 2.05) is 24.3 Å². The fraction of sp³-hybridized carbons (Fsp3) is 0.444. The summed E-state index contributed by atoms with van der Waals surface area (Å²) in [5, 5.41) is 4.73. The van der Waals surface area contributed by atoms with Crippen LogP contribution < -0.4 is 16.3 Å². The normalized spacial score (nSPS) is 21.6. The van der Waals surface area contributed by atoms with E-state index in [9.17, 15) is 19.2 Å². The molecule has 142 valence electrons. The Balaban J connectivity index is 1.45. The molecule has 2 aliphatic heterocycles. The second kappa shape index (κ2) is 6.90. The summed E-state index contributed by atoms with van der Waals surface area (Å²) >= 11 is 0. The predicted molar refractivity (Wildman–Crippen MR) is 97.1 cm³/mol. The first-order valence-corrected chi connectivity index (χ1v) is 9.11. The molecule has 9 heteroatoms. The van der Waals surface area contributed by atoms with Crippen LogP contribution in [0.5, 0.6) is 0 Å². The quantitative estimate of drug-likeness (QED) is 0.712. The number of fused-ring (bicyclic) bond motifs is 1. The van der Waals surface area contributed by atoms with Crippen molar-refractivity contribution in [2.75, 3.05) is 13.1 Å². The molecular weight excluding hydrogens is 350 g/mol. The number of carbonyl (C=O) groups is 3. The van der Waals surface area contributed by atoms with E-state index in [0.29, 0.717) is 25.9 Å². The molecule has 0 radical (unpaired) electrons. The molecule has 27 heavy (non-hydrogen) atoms. The highest BCUT2D eigenvalue weighted by Gasteiger charge is 2.32. The van der Waals surface area contributed by atoms with Crippen molar-refractivity contribution in [3.8, 4) is 0 Å². The number of imidazole rings is 1. The van der Waals surface area contributed by atoms with Gasteiger partial charge in [0, 0.05) is 25.6 Å². The van der Waals surface area contributed by atoms with Crippen LogP contribution in [0.3, 0.4) is 0 Å². The van der Waals surface area contributed by atoms with Crippen molar-refractivity contribution in [2.45, 2.75) is 37.8 Å². The van der Waals surface area contributed by atoms with Crippen LogP contribution in [0.4, 0.5) is 4.79 Å². The Bertz CT molecular complexity index is 954. The van der Waals surface area contributed by atoms with Crippen molar-refractivity contribution >= 4 is 28.9 Å². The van der Waals surface area contributed by atoms with Crippen molar-refractivity contribution in [3.63, 3.8) is 0 Å². The second-order valence-corrected chi connectivity index (χ2v) is 6.99. The molecule has 1 aromatic carbocycles. The van der Waals surface area contributed by atoms with Crippen molar-refractivity contribution < 1.29 is 14.4 Å². The van der Waals surface area contributed by atoms with Crippen molar-refractivity contribution in [3.05, 3.63) is 34.7 Å². The van der Waals surface area contributed by atoms with Crippen LogP contribution in [0, 0.1) is 0 Å². The number of nitrogens with zero attached hydrogens (tertiary/aromatic N) is 2. The highest BCUT2D eigenvalue weighted by molar-refractivity contribution is 5.98. The molecule has 2 aromatic rings. The molecule has 0 unspecified atom stereocenters.